The van der Waals surface area contributed by atoms with E-state index in [1.54, 1.807) is 12.1 Å². The maximum Gasteiger partial charge on any atom is 0.224 e. The topological polar surface area (TPSA) is 55.1 Å². The SMILES string of the molecule is NCCCCCCC(=O)Nc1c(F)cccc1Br. The molecule has 0 saturated carbocycles. The average molecular weight is 317 g/mol. The molecule has 0 bridgehead atoms. The summed E-state index contributed by atoms with van der Waals surface area (Å²) in [6.45, 7) is 0.689. The molecule has 1 aromatic carbocycles. The minimum absolute atomic E-state index is 0.159. The molecule has 0 radical (unpaired) electrons. The van der Waals surface area contributed by atoms with Crippen LogP contribution in [0.5, 0.6) is 0 Å². The van der Waals surface area contributed by atoms with Crippen LogP contribution in [0.3, 0.4) is 0 Å². The molecule has 0 unspecified atom stereocenters. The van der Waals surface area contributed by atoms with Gasteiger partial charge in [-0.3, -0.25) is 4.79 Å². The van der Waals surface area contributed by atoms with Gasteiger partial charge in [-0.2, -0.15) is 0 Å². The third-order valence-corrected chi connectivity index (χ3v) is 3.25. The van der Waals surface area contributed by atoms with Gasteiger partial charge in [0.2, 0.25) is 5.91 Å². The molecule has 1 aromatic rings. The number of anilines is 1. The lowest BCUT2D eigenvalue weighted by molar-refractivity contribution is -0.116. The molecule has 1 amide bonds. The molecule has 0 aliphatic carbocycles. The Kier molecular flexibility index (Phi) is 6.90. The van der Waals surface area contributed by atoms with Gasteiger partial charge in [0.1, 0.15) is 5.82 Å². The van der Waals surface area contributed by atoms with E-state index in [0.29, 0.717) is 17.4 Å². The van der Waals surface area contributed by atoms with Gasteiger partial charge in [0.05, 0.1) is 5.69 Å². The second kappa shape index (κ2) is 8.21. The number of hydrogen-bond donors (Lipinski definition) is 2. The van der Waals surface area contributed by atoms with Crippen LogP contribution in [0.4, 0.5) is 10.1 Å². The number of nitrogens with two attached hydrogens (primary N) is 1. The summed E-state index contributed by atoms with van der Waals surface area (Å²) in [5, 5.41) is 2.58. The number of amides is 1. The summed E-state index contributed by atoms with van der Waals surface area (Å²) in [4.78, 5) is 11.6. The van der Waals surface area contributed by atoms with Crippen LogP contribution in [-0.4, -0.2) is 12.5 Å². The van der Waals surface area contributed by atoms with Gasteiger partial charge >= 0.3 is 0 Å². The fraction of sp³-hybridized carbons (Fsp3) is 0.462. The lowest BCUT2D eigenvalue weighted by Gasteiger charge is -2.08. The maximum atomic E-state index is 13.4. The second-order valence-electron chi connectivity index (χ2n) is 4.10. The van der Waals surface area contributed by atoms with E-state index in [2.05, 4.69) is 21.2 Å². The number of unbranched alkanes of at least 4 members (excludes halogenated alkanes) is 3. The molecule has 0 atom stereocenters. The van der Waals surface area contributed by atoms with Crippen LogP contribution < -0.4 is 11.1 Å². The number of rotatable bonds is 7. The van der Waals surface area contributed by atoms with Crippen molar-refractivity contribution in [1.29, 1.82) is 0 Å². The summed E-state index contributed by atoms with van der Waals surface area (Å²) in [5.74, 6) is -0.589. The summed E-state index contributed by atoms with van der Waals surface area (Å²) in [6.07, 6.45) is 4.21. The number of para-hydroxylation sites is 1. The average Bonchev–Trinajstić information content (AvgIpc) is 2.34. The van der Waals surface area contributed by atoms with Crippen molar-refractivity contribution in [3.63, 3.8) is 0 Å². The quantitative estimate of drug-likeness (QED) is 0.757. The summed E-state index contributed by atoms with van der Waals surface area (Å²) < 4.78 is 14.0. The van der Waals surface area contributed by atoms with Crippen molar-refractivity contribution in [3.05, 3.63) is 28.5 Å². The van der Waals surface area contributed by atoms with Gasteiger partial charge in [-0.25, -0.2) is 4.39 Å². The van der Waals surface area contributed by atoms with Crippen molar-refractivity contribution in [3.8, 4) is 0 Å². The van der Waals surface area contributed by atoms with Crippen LogP contribution in [0.2, 0.25) is 0 Å². The van der Waals surface area contributed by atoms with E-state index in [9.17, 15) is 9.18 Å². The third-order valence-electron chi connectivity index (χ3n) is 2.59. The molecular formula is C13H18BrFN2O. The number of carbonyl (C=O) groups is 1. The molecule has 0 aliphatic heterocycles. The molecule has 3 N–H and O–H groups in total. The highest BCUT2D eigenvalue weighted by atomic mass is 79.9. The van der Waals surface area contributed by atoms with E-state index in [1.165, 1.54) is 6.07 Å². The van der Waals surface area contributed by atoms with Crippen LogP contribution in [-0.2, 0) is 4.79 Å². The lowest BCUT2D eigenvalue weighted by Crippen LogP contribution is -2.12. The fourth-order valence-corrected chi connectivity index (χ4v) is 2.04. The van der Waals surface area contributed by atoms with Gasteiger partial charge in [-0.05, 0) is 47.4 Å². The van der Waals surface area contributed by atoms with Crippen molar-refractivity contribution in [2.24, 2.45) is 5.73 Å². The van der Waals surface area contributed by atoms with E-state index >= 15 is 0 Å². The van der Waals surface area contributed by atoms with Gasteiger partial charge < -0.3 is 11.1 Å². The minimum Gasteiger partial charge on any atom is -0.330 e. The highest BCUT2D eigenvalue weighted by molar-refractivity contribution is 9.10. The zero-order valence-electron chi connectivity index (χ0n) is 10.2. The zero-order chi connectivity index (χ0) is 13.4. The number of halogens is 2. The number of benzene rings is 1. The van der Waals surface area contributed by atoms with Crippen LogP contribution in [0, 0.1) is 5.82 Å². The largest absolute Gasteiger partial charge is 0.330 e. The smallest absolute Gasteiger partial charge is 0.224 e. The Morgan fingerprint density at radius 3 is 2.67 bits per heavy atom. The maximum absolute atomic E-state index is 13.4. The first-order chi connectivity index (χ1) is 8.65. The highest BCUT2D eigenvalue weighted by Gasteiger charge is 2.09. The summed E-state index contributed by atoms with van der Waals surface area (Å²) in [7, 11) is 0. The van der Waals surface area contributed by atoms with E-state index in [-0.39, 0.29) is 11.6 Å². The number of carbonyl (C=O) groups excluding carboxylic acids is 1. The van der Waals surface area contributed by atoms with Crippen LogP contribution in [0.25, 0.3) is 0 Å². The van der Waals surface area contributed by atoms with Gasteiger partial charge in [0, 0.05) is 10.9 Å². The Labute approximate surface area is 115 Å². The molecule has 1 rings (SSSR count). The van der Waals surface area contributed by atoms with Gasteiger partial charge in [0.15, 0.2) is 0 Å². The summed E-state index contributed by atoms with van der Waals surface area (Å²) in [5.41, 5.74) is 5.59. The molecule has 18 heavy (non-hydrogen) atoms. The third kappa shape index (κ3) is 5.14. The first kappa shape index (κ1) is 15.1. The zero-order valence-corrected chi connectivity index (χ0v) is 11.8. The van der Waals surface area contributed by atoms with Crippen molar-refractivity contribution in [1.82, 2.24) is 0 Å². The normalized spacial score (nSPS) is 10.4. The highest BCUT2D eigenvalue weighted by Crippen LogP contribution is 2.25. The van der Waals surface area contributed by atoms with E-state index in [4.69, 9.17) is 5.73 Å². The molecule has 5 heteroatoms. The monoisotopic (exact) mass is 316 g/mol. The van der Waals surface area contributed by atoms with Crippen LogP contribution in [0.15, 0.2) is 22.7 Å². The van der Waals surface area contributed by atoms with E-state index < -0.39 is 5.82 Å². The van der Waals surface area contributed by atoms with Crippen molar-refractivity contribution in [2.45, 2.75) is 32.1 Å². The molecular weight excluding hydrogens is 299 g/mol. The van der Waals surface area contributed by atoms with Crippen molar-refractivity contribution >= 4 is 27.5 Å². The predicted octanol–water partition coefficient (Wildman–Crippen LogP) is 3.44. The Bertz CT molecular complexity index is 378. The first-order valence-electron chi connectivity index (χ1n) is 6.09. The standard InChI is InChI=1S/C13H18BrFN2O/c14-10-6-5-7-11(15)13(10)17-12(18)8-3-1-2-4-9-16/h5-7H,1-4,8-9,16H2,(H,17,18). The first-order valence-corrected chi connectivity index (χ1v) is 6.88. The molecule has 100 valence electrons. The predicted molar refractivity (Wildman–Crippen MR) is 74.9 cm³/mol. The van der Waals surface area contributed by atoms with E-state index in [1.807, 2.05) is 0 Å². The lowest BCUT2D eigenvalue weighted by atomic mass is 10.1. The van der Waals surface area contributed by atoms with Gasteiger partial charge in [0.25, 0.3) is 0 Å². The molecule has 0 spiro atoms. The molecule has 0 saturated heterocycles. The molecule has 0 heterocycles. The van der Waals surface area contributed by atoms with Gasteiger partial charge in [-0.15, -0.1) is 0 Å². The van der Waals surface area contributed by atoms with Crippen LogP contribution in [0.1, 0.15) is 32.1 Å². The second-order valence-corrected chi connectivity index (χ2v) is 4.95. The molecule has 3 nitrogen and oxygen atoms in total. The molecule has 0 aromatic heterocycles. The number of nitrogens with one attached hydrogen (secondary N) is 1. The Morgan fingerprint density at radius 2 is 2.00 bits per heavy atom. The fourth-order valence-electron chi connectivity index (χ4n) is 1.60. The van der Waals surface area contributed by atoms with Crippen molar-refractivity contribution < 1.29 is 9.18 Å². The Hall–Kier alpha value is -0.940. The Balaban J connectivity index is 2.36. The molecule has 0 aliphatic rings. The van der Waals surface area contributed by atoms with E-state index in [0.717, 1.165) is 25.7 Å². The number of hydrogen-bond acceptors (Lipinski definition) is 2. The van der Waals surface area contributed by atoms with Crippen molar-refractivity contribution in [2.75, 3.05) is 11.9 Å². The molecule has 0 fully saturated rings. The summed E-state index contributed by atoms with van der Waals surface area (Å²) >= 11 is 3.21. The van der Waals surface area contributed by atoms with Crippen LogP contribution >= 0.6 is 15.9 Å². The summed E-state index contributed by atoms with van der Waals surface area (Å²) in [6, 6.07) is 4.60. The minimum atomic E-state index is -0.430. The van der Waals surface area contributed by atoms with Gasteiger partial charge in [-0.1, -0.05) is 18.9 Å². The Morgan fingerprint density at radius 1 is 1.28 bits per heavy atom.